The summed E-state index contributed by atoms with van der Waals surface area (Å²) < 4.78 is 33.5. The fraction of sp³-hybridized carbons (Fsp3) is 0.316. The average molecular weight is 344 g/mol. The van der Waals surface area contributed by atoms with Crippen LogP contribution in [0.2, 0.25) is 0 Å². The van der Waals surface area contributed by atoms with Gasteiger partial charge in [0.15, 0.2) is 17.2 Å². The summed E-state index contributed by atoms with van der Waals surface area (Å²) >= 11 is 0. The molecule has 0 bridgehead atoms. The van der Waals surface area contributed by atoms with Gasteiger partial charge in [-0.3, -0.25) is 9.47 Å². The van der Waals surface area contributed by atoms with E-state index in [0.717, 1.165) is 36.5 Å². The van der Waals surface area contributed by atoms with Crippen LogP contribution in [0, 0.1) is 11.6 Å². The van der Waals surface area contributed by atoms with Crippen LogP contribution >= 0.6 is 0 Å². The molecule has 1 fully saturated rings. The van der Waals surface area contributed by atoms with E-state index in [1.54, 1.807) is 16.7 Å². The Bertz CT molecular complexity index is 963. The lowest BCUT2D eigenvalue weighted by Gasteiger charge is -2.33. The van der Waals surface area contributed by atoms with Gasteiger partial charge in [0.1, 0.15) is 0 Å². The first-order valence-electron chi connectivity index (χ1n) is 8.38. The van der Waals surface area contributed by atoms with Gasteiger partial charge in [-0.05, 0) is 49.2 Å². The minimum atomic E-state index is -0.836. The number of piperidine rings is 1. The molecule has 4 rings (SSSR count). The van der Waals surface area contributed by atoms with Crippen molar-refractivity contribution in [3.63, 3.8) is 0 Å². The molecule has 25 heavy (non-hydrogen) atoms. The Labute approximate surface area is 143 Å². The van der Waals surface area contributed by atoms with Crippen LogP contribution in [-0.4, -0.2) is 22.6 Å². The molecule has 1 aromatic heterocycles. The van der Waals surface area contributed by atoms with Crippen molar-refractivity contribution in [3.8, 4) is 0 Å². The molecule has 0 spiro atoms. The summed E-state index contributed by atoms with van der Waals surface area (Å²) in [4.78, 5) is 14.4. The number of hydrogen-bond acceptors (Lipinski definition) is 3. The van der Waals surface area contributed by atoms with Crippen LogP contribution < -0.4 is 5.76 Å². The normalized spacial score (nSPS) is 18.7. The second-order valence-corrected chi connectivity index (χ2v) is 6.49. The predicted octanol–water partition coefficient (Wildman–Crippen LogP) is 3.71. The van der Waals surface area contributed by atoms with E-state index in [4.69, 9.17) is 4.42 Å². The van der Waals surface area contributed by atoms with E-state index in [-0.39, 0.29) is 11.8 Å². The molecule has 1 unspecified atom stereocenters. The highest BCUT2D eigenvalue weighted by Gasteiger charge is 2.25. The molecule has 4 nitrogen and oxygen atoms in total. The summed E-state index contributed by atoms with van der Waals surface area (Å²) in [7, 11) is 0. The molecule has 2 heterocycles. The number of nitrogens with zero attached hydrogens (tertiary/aromatic N) is 2. The first-order valence-corrected chi connectivity index (χ1v) is 8.38. The fourth-order valence-electron chi connectivity index (χ4n) is 3.61. The number of hydrogen-bond donors (Lipinski definition) is 0. The van der Waals surface area contributed by atoms with E-state index in [9.17, 15) is 13.6 Å². The van der Waals surface area contributed by atoms with Crippen molar-refractivity contribution in [1.29, 1.82) is 0 Å². The van der Waals surface area contributed by atoms with Crippen LogP contribution in [-0.2, 0) is 6.54 Å². The van der Waals surface area contributed by atoms with Crippen LogP contribution in [0.15, 0.2) is 51.7 Å². The second-order valence-electron chi connectivity index (χ2n) is 6.49. The summed E-state index contributed by atoms with van der Waals surface area (Å²) in [5.41, 5.74) is 2.11. The van der Waals surface area contributed by atoms with Crippen molar-refractivity contribution in [2.75, 3.05) is 13.1 Å². The molecular formula is C19H18F2N2O2. The van der Waals surface area contributed by atoms with Gasteiger partial charge in [0.25, 0.3) is 0 Å². The number of likely N-dealkylation sites (tertiary alicyclic amines) is 1. The summed E-state index contributed by atoms with van der Waals surface area (Å²) in [6.07, 6.45) is 1.82. The molecule has 130 valence electrons. The Morgan fingerprint density at radius 2 is 1.96 bits per heavy atom. The second kappa shape index (κ2) is 6.44. The minimum Gasteiger partial charge on any atom is -0.408 e. The molecule has 1 saturated heterocycles. The maximum Gasteiger partial charge on any atom is 0.420 e. The highest BCUT2D eigenvalue weighted by molar-refractivity contribution is 5.72. The van der Waals surface area contributed by atoms with Crippen molar-refractivity contribution in [2.45, 2.75) is 25.4 Å². The Hall–Kier alpha value is -2.47. The average Bonchev–Trinajstić information content (AvgIpc) is 2.94. The fourth-order valence-corrected chi connectivity index (χ4v) is 3.61. The SMILES string of the molecule is O=c1oc2ccccc2n1C1CCCN(Cc2ccc(F)c(F)c2)C1. The third-order valence-electron chi connectivity index (χ3n) is 4.75. The number of fused-ring (bicyclic) bond motifs is 1. The molecule has 1 aliphatic rings. The summed E-state index contributed by atoms with van der Waals surface area (Å²) in [5, 5.41) is 0. The monoisotopic (exact) mass is 344 g/mol. The van der Waals surface area contributed by atoms with E-state index in [1.165, 1.54) is 6.07 Å². The van der Waals surface area contributed by atoms with Gasteiger partial charge < -0.3 is 4.42 Å². The zero-order valence-corrected chi connectivity index (χ0v) is 13.6. The van der Waals surface area contributed by atoms with Crippen molar-refractivity contribution < 1.29 is 13.2 Å². The van der Waals surface area contributed by atoms with E-state index in [2.05, 4.69) is 4.90 Å². The van der Waals surface area contributed by atoms with Crippen LogP contribution in [0.4, 0.5) is 8.78 Å². The lowest BCUT2D eigenvalue weighted by Crippen LogP contribution is -2.38. The van der Waals surface area contributed by atoms with Crippen LogP contribution in [0.5, 0.6) is 0 Å². The van der Waals surface area contributed by atoms with Crippen molar-refractivity contribution in [2.24, 2.45) is 0 Å². The molecule has 0 aliphatic carbocycles. The Balaban J connectivity index is 1.57. The van der Waals surface area contributed by atoms with Crippen molar-refractivity contribution in [3.05, 3.63) is 70.2 Å². The smallest absolute Gasteiger partial charge is 0.408 e. The molecule has 0 amide bonds. The third-order valence-corrected chi connectivity index (χ3v) is 4.75. The lowest BCUT2D eigenvalue weighted by atomic mass is 10.0. The first-order chi connectivity index (χ1) is 12.1. The quantitative estimate of drug-likeness (QED) is 0.727. The number of halogens is 2. The molecule has 0 N–H and O–H groups in total. The zero-order valence-electron chi connectivity index (χ0n) is 13.6. The maximum atomic E-state index is 13.4. The molecule has 0 radical (unpaired) electrons. The molecule has 3 aromatic rings. The highest BCUT2D eigenvalue weighted by Crippen LogP contribution is 2.26. The summed E-state index contributed by atoms with van der Waals surface area (Å²) in [5.74, 6) is -2.01. The molecule has 6 heteroatoms. The largest absolute Gasteiger partial charge is 0.420 e. The maximum absolute atomic E-state index is 13.4. The molecular weight excluding hydrogens is 326 g/mol. The number of rotatable bonds is 3. The summed E-state index contributed by atoms with van der Waals surface area (Å²) in [6.45, 7) is 2.06. The Morgan fingerprint density at radius 3 is 2.80 bits per heavy atom. The molecule has 1 atom stereocenters. The van der Waals surface area contributed by atoms with Gasteiger partial charge in [0.05, 0.1) is 11.6 Å². The van der Waals surface area contributed by atoms with Crippen molar-refractivity contribution >= 4 is 11.1 Å². The van der Waals surface area contributed by atoms with Crippen molar-refractivity contribution in [1.82, 2.24) is 9.47 Å². The van der Waals surface area contributed by atoms with Gasteiger partial charge >= 0.3 is 5.76 Å². The third kappa shape index (κ3) is 3.09. The minimum absolute atomic E-state index is 0.00944. The topological polar surface area (TPSA) is 38.4 Å². The first kappa shape index (κ1) is 16.0. The molecule has 2 aromatic carbocycles. The molecule has 1 aliphatic heterocycles. The standard InChI is InChI=1S/C19H18F2N2O2/c20-15-8-7-13(10-16(15)21)11-22-9-3-4-14(12-22)23-17-5-1-2-6-18(17)25-19(23)24/h1-2,5-8,10,14H,3-4,9,11-12H2. The van der Waals surface area contributed by atoms with Gasteiger partial charge in [-0.2, -0.15) is 0 Å². The highest BCUT2D eigenvalue weighted by atomic mass is 19.2. The number of benzene rings is 2. The zero-order chi connectivity index (χ0) is 17.4. The van der Waals surface area contributed by atoms with E-state index >= 15 is 0 Å². The van der Waals surface area contributed by atoms with Gasteiger partial charge in [0, 0.05) is 13.1 Å². The van der Waals surface area contributed by atoms with E-state index in [1.807, 2.05) is 18.2 Å². The number of para-hydroxylation sites is 2. The summed E-state index contributed by atoms with van der Waals surface area (Å²) in [6, 6.07) is 11.4. The lowest BCUT2D eigenvalue weighted by molar-refractivity contribution is 0.167. The van der Waals surface area contributed by atoms with Gasteiger partial charge in [-0.15, -0.1) is 0 Å². The predicted molar refractivity (Wildman–Crippen MR) is 90.4 cm³/mol. The number of aromatic nitrogens is 1. The van der Waals surface area contributed by atoms with E-state index in [0.29, 0.717) is 18.7 Å². The van der Waals surface area contributed by atoms with E-state index < -0.39 is 11.6 Å². The number of oxazole rings is 1. The Kier molecular flexibility index (Phi) is 4.13. The van der Waals surface area contributed by atoms with Gasteiger partial charge in [-0.1, -0.05) is 18.2 Å². The van der Waals surface area contributed by atoms with Gasteiger partial charge in [0.2, 0.25) is 0 Å². The van der Waals surface area contributed by atoms with Gasteiger partial charge in [-0.25, -0.2) is 13.6 Å². The van der Waals surface area contributed by atoms with Crippen LogP contribution in [0.25, 0.3) is 11.1 Å². The molecule has 0 saturated carbocycles. The van der Waals surface area contributed by atoms with Crippen LogP contribution in [0.3, 0.4) is 0 Å². The van der Waals surface area contributed by atoms with Crippen LogP contribution in [0.1, 0.15) is 24.4 Å². The Morgan fingerprint density at radius 1 is 1.12 bits per heavy atom.